The fourth-order valence-electron chi connectivity index (χ4n) is 3.26. The molecule has 1 heterocycles. The fraction of sp³-hybridized carbons (Fsp3) is 0.500. The number of fused-ring (bicyclic) bond motifs is 1. The highest BCUT2D eigenvalue weighted by Crippen LogP contribution is 2.36. The van der Waals surface area contributed by atoms with E-state index in [4.69, 9.17) is 10.8 Å². The smallest absolute Gasteiger partial charge is 0.0726 e. The first-order chi connectivity index (χ1) is 9.99. The van der Waals surface area contributed by atoms with Crippen LogP contribution in [-0.2, 0) is 5.41 Å². The average molecular weight is 283 g/mol. The molecule has 2 aromatic rings. The van der Waals surface area contributed by atoms with Crippen LogP contribution in [0.3, 0.4) is 0 Å². The molecule has 1 aromatic carbocycles. The molecule has 1 aliphatic carbocycles. The third kappa shape index (κ3) is 2.75. The molecule has 0 unspecified atom stereocenters. The van der Waals surface area contributed by atoms with E-state index in [1.165, 1.54) is 36.9 Å². The molecular weight excluding hydrogens is 258 g/mol. The summed E-state index contributed by atoms with van der Waals surface area (Å²) in [6.45, 7) is 6.68. The minimum atomic E-state index is 0.129. The van der Waals surface area contributed by atoms with Crippen molar-refractivity contribution in [1.82, 2.24) is 4.98 Å². The summed E-state index contributed by atoms with van der Waals surface area (Å²) in [6, 6.07) is 8.68. The Kier molecular flexibility index (Phi) is 3.62. The fourth-order valence-corrected chi connectivity index (χ4v) is 3.26. The zero-order valence-electron chi connectivity index (χ0n) is 13.2. The van der Waals surface area contributed by atoms with E-state index in [-0.39, 0.29) is 5.41 Å². The predicted molar refractivity (Wildman–Crippen MR) is 89.5 cm³/mol. The van der Waals surface area contributed by atoms with Gasteiger partial charge in [-0.05, 0) is 42.0 Å². The normalized spacial score (nSPS) is 16.6. The Balaban J connectivity index is 2.12. The van der Waals surface area contributed by atoms with Crippen LogP contribution in [0, 0.1) is 0 Å². The molecule has 3 N–H and O–H groups in total. The molecule has 0 saturated heterocycles. The van der Waals surface area contributed by atoms with Crippen molar-refractivity contribution >= 4 is 16.6 Å². The SMILES string of the molecule is CC(C)(C)c1ccc2nc(C3CCCC3)cc(NN)c2c1. The lowest BCUT2D eigenvalue weighted by Crippen LogP contribution is -2.12. The Hall–Kier alpha value is -1.61. The van der Waals surface area contributed by atoms with E-state index >= 15 is 0 Å². The third-order valence-electron chi connectivity index (χ3n) is 4.62. The summed E-state index contributed by atoms with van der Waals surface area (Å²) in [4.78, 5) is 4.89. The van der Waals surface area contributed by atoms with Crippen molar-refractivity contribution < 1.29 is 0 Å². The van der Waals surface area contributed by atoms with Gasteiger partial charge in [0, 0.05) is 17.0 Å². The average Bonchev–Trinajstić information content (AvgIpc) is 2.98. The summed E-state index contributed by atoms with van der Waals surface area (Å²) >= 11 is 0. The monoisotopic (exact) mass is 283 g/mol. The quantitative estimate of drug-likeness (QED) is 0.631. The third-order valence-corrected chi connectivity index (χ3v) is 4.62. The maximum atomic E-state index is 5.76. The van der Waals surface area contributed by atoms with Crippen LogP contribution in [0.2, 0.25) is 0 Å². The molecular formula is C18H25N3. The lowest BCUT2D eigenvalue weighted by molar-refractivity contribution is 0.591. The number of anilines is 1. The number of nitrogens with zero attached hydrogens (tertiary/aromatic N) is 1. The number of nitrogens with one attached hydrogen (secondary N) is 1. The maximum Gasteiger partial charge on any atom is 0.0726 e. The summed E-state index contributed by atoms with van der Waals surface area (Å²) in [5.41, 5.74) is 7.54. The largest absolute Gasteiger partial charge is 0.323 e. The summed E-state index contributed by atoms with van der Waals surface area (Å²) < 4.78 is 0. The van der Waals surface area contributed by atoms with Crippen molar-refractivity contribution in [2.45, 2.75) is 57.8 Å². The molecule has 0 spiro atoms. The predicted octanol–water partition coefficient (Wildman–Crippen LogP) is 4.48. The molecule has 3 rings (SSSR count). The maximum absolute atomic E-state index is 5.76. The number of nitrogens with two attached hydrogens (primary N) is 1. The lowest BCUT2D eigenvalue weighted by atomic mass is 9.86. The van der Waals surface area contributed by atoms with E-state index in [9.17, 15) is 0 Å². The number of nitrogen functional groups attached to an aromatic ring is 1. The lowest BCUT2D eigenvalue weighted by Gasteiger charge is -2.20. The van der Waals surface area contributed by atoms with Gasteiger partial charge in [0.05, 0.1) is 11.2 Å². The zero-order valence-corrected chi connectivity index (χ0v) is 13.2. The molecule has 0 aliphatic heterocycles. The number of aromatic nitrogens is 1. The molecule has 0 radical (unpaired) electrons. The first-order valence-electron chi connectivity index (χ1n) is 7.91. The second kappa shape index (κ2) is 5.30. The van der Waals surface area contributed by atoms with Crippen molar-refractivity contribution in [1.29, 1.82) is 0 Å². The van der Waals surface area contributed by atoms with Crippen molar-refractivity contribution in [3.05, 3.63) is 35.5 Å². The molecule has 1 fully saturated rings. The van der Waals surface area contributed by atoms with E-state index in [2.05, 4.69) is 50.5 Å². The highest BCUT2D eigenvalue weighted by molar-refractivity contribution is 5.92. The highest BCUT2D eigenvalue weighted by Gasteiger charge is 2.21. The van der Waals surface area contributed by atoms with Crippen LogP contribution < -0.4 is 11.3 Å². The van der Waals surface area contributed by atoms with Crippen molar-refractivity contribution in [3.8, 4) is 0 Å². The molecule has 0 bridgehead atoms. The van der Waals surface area contributed by atoms with E-state index in [0.29, 0.717) is 5.92 Å². The highest BCUT2D eigenvalue weighted by atomic mass is 15.2. The van der Waals surface area contributed by atoms with E-state index in [1.54, 1.807) is 0 Å². The molecule has 3 heteroatoms. The molecule has 21 heavy (non-hydrogen) atoms. The summed E-state index contributed by atoms with van der Waals surface area (Å²) in [5.74, 6) is 6.37. The van der Waals surface area contributed by atoms with Gasteiger partial charge in [-0.25, -0.2) is 0 Å². The van der Waals surface area contributed by atoms with Crippen LogP contribution in [0.5, 0.6) is 0 Å². The van der Waals surface area contributed by atoms with Crippen LogP contribution in [0.1, 0.15) is 63.6 Å². The molecule has 0 amide bonds. The molecule has 1 saturated carbocycles. The Morgan fingerprint density at radius 2 is 1.86 bits per heavy atom. The van der Waals surface area contributed by atoms with Gasteiger partial charge in [-0.3, -0.25) is 10.8 Å². The standard InChI is InChI=1S/C18H25N3/c1-18(2,3)13-8-9-15-14(10-13)17(21-19)11-16(20-15)12-6-4-5-7-12/h8-12H,4-7,19H2,1-3H3,(H,20,21). The van der Waals surface area contributed by atoms with Gasteiger partial charge in [0.1, 0.15) is 0 Å². The summed E-state index contributed by atoms with van der Waals surface area (Å²) in [6.07, 6.45) is 5.14. The first kappa shape index (κ1) is 14.3. The number of rotatable bonds is 2. The van der Waals surface area contributed by atoms with Crippen LogP contribution in [0.15, 0.2) is 24.3 Å². The van der Waals surface area contributed by atoms with E-state index in [1.807, 2.05) is 0 Å². The Bertz CT molecular complexity index is 649. The summed E-state index contributed by atoms with van der Waals surface area (Å²) in [5, 5.41) is 1.12. The molecule has 0 atom stereocenters. The minimum absolute atomic E-state index is 0.129. The van der Waals surface area contributed by atoms with Gasteiger partial charge in [0.2, 0.25) is 0 Å². The van der Waals surface area contributed by atoms with Gasteiger partial charge in [0.25, 0.3) is 0 Å². The topological polar surface area (TPSA) is 50.9 Å². The van der Waals surface area contributed by atoms with E-state index in [0.717, 1.165) is 16.6 Å². The van der Waals surface area contributed by atoms with Crippen LogP contribution in [0.4, 0.5) is 5.69 Å². The number of hydrogen-bond acceptors (Lipinski definition) is 3. The summed E-state index contributed by atoms with van der Waals surface area (Å²) in [7, 11) is 0. The van der Waals surface area contributed by atoms with Crippen molar-refractivity contribution in [2.24, 2.45) is 5.84 Å². The van der Waals surface area contributed by atoms with Crippen LogP contribution in [-0.4, -0.2) is 4.98 Å². The van der Waals surface area contributed by atoms with Crippen molar-refractivity contribution in [3.63, 3.8) is 0 Å². The molecule has 1 aliphatic rings. The number of benzene rings is 1. The van der Waals surface area contributed by atoms with Crippen molar-refractivity contribution in [2.75, 3.05) is 5.43 Å². The first-order valence-corrected chi connectivity index (χ1v) is 7.91. The zero-order chi connectivity index (χ0) is 15.0. The van der Waals surface area contributed by atoms with E-state index < -0.39 is 0 Å². The van der Waals surface area contributed by atoms with Gasteiger partial charge >= 0.3 is 0 Å². The molecule has 112 valence electrons. The van der Waals surface area contributed by atoms with Gasteiger partial charge in [-0.2, -0.15) is 0 Å². The number of hydrogen-bond donors (Lipinski definition) is 2. The second-order valence-electron chi connectivity index (χ2n) is 7.20. The van der Waals surface area contributed by atoms with Gasteiger partial charge in [0.15, 0.2) is 0 Å². The number of pyridine rings is 1. The second-order valence-corrected chi connectivity index (χ2v) is 7.20. The van der Waals surface area contributed by atoms with Gasteiger partial charge in [-0.15, -0.1) is 0 Å². The van der Waals surface area contributed by atoms with Gasteiger partial charge < -0.3 is 5.43 Å². The van der Waals surface area contributed by atoms with Gasteiger partial charge in [-0.1, -0.05) is 39.7 Å². The number of hydrazine groups is 1. The molecule has 1 aromatic heterocycles. The molecule has 3 nitrogen and oxygen atoms in total. The Labute approximate surface area is 126 Å². The Morgan fingerprint density at radius 1 is 1.14 bits per heavy atom. The van der Waals surface area contributed by atoms with Crippen LogP contribution in [0.25, 0.3) is 10.9 Å². The van der Waals surface area contributed by atoms with Crippen LogP contribution >= 0.6 is 0 Å². The minimum Gasteiger partial charge on any atom is -0.323 e. The Morgan fingerprint density at radius 3 is 2.48 bits per heavy atom.